The lowest BCUT2D eigenvalue weighted by molar-refractivity contribution is -0.129. The number of carbonyl (C=O) groups is 2. The second-order valence-electron chi connectivity index (χ2n) is 6.36. The second kappa shape index (κ2) is 8.98. The van der Waals surface area contributed by atoms with Crippen molar-refractivity contribution < 1.29 is 9.59 Å². The van der Waals surface area contributed by atoms with E-state index < -0.39 is 0 Å². The maximum atomic E-state index is 12.1. The molecule has 8 nitrogen and oxygen atoms in total. The van der Waals surface area contributed by atoms with Crippen molar-refractivity contribution in [2.24, 2.45) is 0 Å². The van der Waals surface area contributed by atoms with E-state index in [2.05, 4.69) is 20.9 Å². The normalized spacial score (nSPS) is 13.6. The minimum absolute atomic E-state index is 0.174. The molecule has 2 aromatic rings. The number of nitrogens with one attached hydrogen (secondary N) is 2. The number of anilines is 1. The first-order chi connectivity index (χ1) is 12.7. The third kappa shape index (κ3) is 5.30. The van der Waals surface area contributed by atoms with E-state index in [1.807, 2.05) is 29.2 Å². The van der Waals surface area contributed by atoms with Gasteiger partial charge in [0.1, 0.15) is 0 Å². The van der Waals surface area contributed by atoms with Crippen molar-refractivity contribution in [1.29, 1.82) is 0 Å². The highest BCUT2D eigenvalue weighted by molar-refractivity contribution is 5.89. The number of amides is 3. The molecule has 0 radical (unpaired) electrons. The van der Waals surface area contributed by atoms with Crippen molar-refractivity contribution in [3.8, 4) is 0 Å². The van der Waals surface area contributed by atoms with Crippen LogP contribution in [0.25, 0.3) is 0 Å². The van der Waals surface area contributed by atoms with Gasteiger partial charge in [-0.25, -0.2) is 4.79 Å². The van der Waals surface area contributed by atoms with Gasteiger partial charge in [0.05, 0.1) is 12.6 Å². The highest BCUT2D eigenvalue weighted by atomic mass is 16.2. The Labute approximate surface area is 152 Å². The Morgan fingerprint density at radius 2 is 1.88 bits per heavy atom. The zero-order valence-corrected chi connectivity index (χ0v) is 14.7. The summed E-state index contributed by atoms with van der Waals surface area (Å²) >= 11 is 0. The maximum absolute atomic E-state index is 12.1. The third-order valence-electron chi connectivity index (χ3n) is 4.35. The number of urea groups is 1. The number of likely N-dealkylation sites (tertiary alicyclic amines) is 1. The Kier molecular flexibility index (Phi) is 6.19. The molecule has 138 valence electrons. The lowest BCUT2D eigenvalue weighted by Crippen LogP contribution is -2.30. The van der Waals surface area contributed by atoms with E-state index in [4.69, 9.17) is 0 Å². The first-order valence-corrected chi connectivity index (χ1v) is 8.96. The van der Waals surface area contributed by atoms with Crippen LogP contribution in [0.1, 0.15) is 24.8 Å². The van der Waals surface area contributed by atoms with Gasteiger partial charge in [-0.05, 0) is 37.0 Å². The molecular weight excluding hydrogens is 332 g/mol. The summed E-state index contributed by atoms with van der Waals surface area (Å²) in [6.07, 6.45) is 6.80. The minimum atomic E-state index is -0.246. The second-order valence-corrected chi connectivity index (χ2v) is 6.36. The summed E-state index contributed by atoms with van der Waals surface area (Å²) in [5, 5.41) is 13.2. The average Bonchev–Trinajstić information content (AvgIpc) is 3.34. The van der Waals surface area contributed by atoms with Crippen molar-refractivity contribution in [3.63, 3.8) is 0 Å². The number of rotatable bonds is 7. The van der Waals surface area contributed by atoms with Crippen LogP contribution in [-0.2, 0) is 17.8 Å². The Morgan fingerprint density at radius 3 is 2.58 bits per heavy atom. The van der Waals surface area contributed by atoms with Crippen molar-refractivity contribution in [2.75, 3.05) is 25.0 Å². The van der Waals surface area contributed by atoms with Gasteiger partial charge in [0.2, 0.25) is 5.91 Å². The number of aromatic nitrogens is 3. The van der Waals surface area contributed by atoms with E-state index in [0.717, 1.165) is 37.9 Å². The summed E-state index contributed by atoms with van der Waals surface area (Å²) in [6.45, 7) is 3.00. The van der Waals surface area contributed by atoms with Gasteiger partial charge in [0, 0.05) is 38.1 Å². The van der Waals surface area contributed by atoms with E-state index in [0.29, 0.717) is 25.2 Å². The first kappa shape index (κ1) is 17.9. The Morgan fingerprint density at radius 1 is 1.12 bits per heavy atom. The molecular formula is C18H24N6O2. The molecule has 0 bridgehead atoms. The Balaban J connectivity index is 1.37. The van der Waals surface area contributed by atoms with Gasteiger partial charge in [-0.1, -0.05) is 17.3 Å². The fraction of sp³-hybridized carbons (Fsp3) is 0.444. The highest BCUT2D eigenvalue weighted by Crippen LogP contribution is 2.13. The van der Waals surface area contributed by atoms with Crippen molar-refractivity contribution in [2.45, 2.75) is 32.2 Å². The standard InChI is InChI=1S/C18H24N6O2/c25-17(23-10-1-2-11-23)14-15-4-6-16(7-5-15)21-18(26)19-8-3-12-24-13-9-20-22-24/h4-7,9,13H,1-3,8,10-12,14H2,(H2,19,21,26). The van der Waals surface area contributed by atoms with Crippen LogP contribution >= 0.6 is 0 Å². The zero-order valence-electron chi connectivity index (χ0n) is 14.7. The molecule has 26 heavy (non-hydrogen) atoms. The number of hydrogen-bond acceptors (Lipinski definition) is 4. The molecule has 1 aromatic carbocycles. The summed E-state index contributed by atoms with van der Waals surface area (Å²) in [4.78, 5) is 26.0. The molecule has 1 saturated heterocycles. The van der Waals surface area contributed by atoms with Crippen LogP contribution < -0.4 is 10.6 Å². The number of benzene rings is 1. The van der Waals surface area contributed by atoms with Gasteiger partial charge < -0.3 is 15.5 Å². The molecule has 2 heterocycles. The van der Waals surface area contributed by atoms with Crippen LogP contribution in [-0.4, -0.2) is 51.5 Å². The molecule has 0 saturated carbocycles. The van der Waals surface area contributed by atoms with Crippen molar-refractivity contribution in [1.82, 2.24) is 25.2 Å². The zero-order chi connectivity index (χ0) is 18.2. The maximum Gasteiger partial charge on any atom is 0.319 e. The monoisotopic (exact) mass is 356 g/mol. The molecule has 1 aliphatic heterocycles. The topological polar surface area (TPSA) is 92.1 Å². The van der Waals surface area contributed by atoms with Crippen molar-refractivity contribution in [3.05, 3.63) is 42.2 Å². The Hall–Kier alpha value is -2.90. The van der Waals surface area contributed by atoms with E-state index in [-0.39, 0.29) is 11.9 Å². The first-order valence-electron chi connectivity index (χ1n) is 8.96. The van der Waals surface area contributed by atoms with Crippen LogP contribution in [0.5, 0.6) is 0 Å². The van der Waals surface area contributed by atoms with E-state index >= 15 is 0 Å². The third-order valence-corrected chi connectivity index (χ3v) is 4.35. The number of hydrogen-bond donors (Lipinski definition) is 2. The van der Waals surface area contributed by atoms with Gasteiger partial charge >= 0.3 is 6.03 Å². The average molecular weight is 356 g/mol. The minimum Gasteiger partial charge on any atom is -0.342 e. The van der Waals surface area contributed by atoms with Crippen LogP contribution in [0.4, 0.5) is 10.5 Å². The smallest absolute Gasteiger partial charge is 0.319 e. The lowest BCUT2D eigenvalue weighted by atomic mass is 10.1. The molecule has 0 aliphatic carbocycles. The molecule has 0 atom stereocenters. The van der Waals surface area contributed by atoms with Gasteiger partial charge in [-0.15, -0.1) is 5.10 Å². The molecule has 0 spiro atoms. The molecule has 1 aromatic heterocycles. The van der Waals surface area contributed by atoms with E-state index in [9.17, 15) is 9.59 Å². The fourth-order valence-electron chi connectivity index (χ4n) is 2.93. The lowest BCUT2D eigenvalue weighted by Gasteiger charge is -2.15. The fourth-order valence-corrected chi connectivity index (χ4v) is 2.93. The SMILES string of the molecule is O=C(NCCCn1ccnn1)Nc1ccc(CC(=O)N2CCCC2)cc1. The van der Waals surface area contributed by atoms with Crippen molar-refractivity contribution >= 4 is 17.6 Å². The predicted molar refractivity (Wildman–Crippen MR) is 97.6 cm³/mol. The molecule has 2 N–H and O–H groups in total. The summed E-state index contributed by atoms with van der Waals surface area (Å²) in [5.74, 6) is 0.174. The van der Waals surface area contributed by atoms with Crippen LogP contribution in [0.3, 0.4) is 0 Å². The van der Waals surface area contributed by atoms with Gasteiger partial charge in [0.15, 0.2) is 0 Å². The number of aryl methyl sites for hydroxylation is 1. The highest BCUT2D eigenvalue weighted by Gasteiger charge is 2.17. The molecule has 0 unspecified atom stereocenters. The molecule has 3 amide bonds. The van der Waals surface area contributed by atoms with E-state index in [1.165, 1.54) is 0 Å². The predicted octanol–water partition coefficient (Wildman–Crippen LogP) is 1.65. The molecule has 1 aliphatic rings. The molecule has 1 fully saturated rings. The number of carbonyl (C=O) groups excluding carboxylic acids is 2. The van der Waals surface area contributed by atoms with E-state index in [1.54, 1.807) is 17.1 Å². The summed E-state index contributed by atoms with van der Waals surface area (Å²) in [5.41, 5.74) is 1.66. The quantitative estimate of drug-likeness (QED) is 0.738. The van der Waals surface area contributed by atoms with Gasteiger partial charge in [0.25, 0.3) is 0 Å². The van der Waals surface area contributed by atoms with Gasteiger partial charge in [-0.3, -0.25) is 9.48 Å². The summed E-state index contributed by atoms with van der Waals surface area (Å²) < 4.78 is 1.72. The van der Waals surface area contributed by atoms with Crippen LogP contribution in [0, 0.1) is 0 Å². The van der Waals surface area contributed by atoms with Gasteiger partial charge in [-0.2, -0.15) is 0 Å². The molecule has 8 heteroatoms. The van der Waals surface area contributed by atoms with Crippen LogP contribution in [0.15, 0.2) is 36.7 Å². The Bertz CT molecular complexity index is 708. The summed E-state index contributed by atoms with van der Waals surface area (Å²) in [7, 11) is 0. The summed E-state index contributed by atoms with van der Waals surface area (Å²) in [6, 6.07) is 7.16. The number of nitrogens with zero attached hydrogens (tertiary/aromatic N) is 4. The van der Waals surface area contributed by atoms with Crippen LogP contribution in [0.2, 0.25) is 0 Å². The largest absolute Gasteiger partial charge is 0.342 e. The molecule has 3 rings (SSSR count).